The molecule has 1 fully saturated rings. The Hall–Kier alpha value is -1.96. The number of aromatic nitrogens is 4. The minimum absolute atomic E-state index is 0.228. The van der Waals surface area contributed by atoms with Crippen molar-refractivity contribution in [2.75, 3.05) is 6.61 Å². The van der Waals surface area contributed by atoms with Crippen molar-refractivity contribution in [2.24, 2.45) is 0 Å². The van der Waals surface area contributed by atoms with Gasteiger partial charge in [0.1, 0.15) is 35.5 Å². The zero-order chi connectivity index (χ0) is 22.1. The molecule has 1 aromatic carbocycles. The van der Waals surface area contributed by atoms with Crippen molar-refractivity contribution in [2.45, 2.75) is 34.7 Å². The molecule has 3 N–H and O–H groups in total. The van der Waals surface area contributed by atoms with Crippen LogP contribution in [0.3, 0.4) is 0 Å². The number of aliphatic hydroxyl groups excluding tert-OH is 3. The van der Waals surface area contributed by atoms with Crippen LogP contribution in [0.15, 0.2) is 52.2 Å². The number of hydrogen-bond acceptors (Lipinski definition) is 8. The van der Waals surface area contributed by atoms with Crippen molar-refractivity contribution in [1.82, 2.24) is 20.0 Å². The summed E-state index contributed by atoms with van der Waals surface area (Å²) in [5.74, 6) is -2.02. The maximum atomic E-state index is 13.6. The summed E-state index contributed by atoms with van der Waals surface area (Å²) in [5, 5.41) is 39.2. The molecule has 0 aliphatic carbocycles. The van der Waals surface area contributed by atoms with Gasteiger partial charge in [0.25, 0.3) is 0 Å². The van der Waals surface area contributed by atoms with Crippen molar-refractivity contribution in [1.29, 1.82) is 0 Å². The molecule has 164 valence electrons. The van der Waals surface area contributed by atoms with Crippen molar-refractivity contribution >= 4 is 27.7 Å². The van der Waals surface area contributed by atoms with Crippen LogP contribution in [0.1, 0.15) is 6.04 Å². The first-order chi connectivity index (χ1) is 14.9. The van der Waals surface area contributed by atoms with E-state index in [2.05, 4.69) is 31.2 Å². The Morgan fingerprint density at radius 2 is 1.94 bits per heavy atom. The summed E-state index contributed by atoms with van der Waals surface area (Å²) in [6.07, 6.45) is 1.10. The van der Waals surface area contributed by atoms with Gasteiger partial charge in [-0.3, -0.25) is 4.98 Å². The number of nitrogens with zero attached hydrogens (tertiary/aromatic N) is 4. The Labute approximate surface area is 188 Å². The van der Waals surface area contributed by atoms with Gasteiger partial charge in [-0.25, -0.2) is 13.5 Å². The number of hydrogen-bond donors (Lipinski definition) is 3. The number of rotatable bonds is 5. The van der Waals surface area contributed by atoms with E-state index < -0.39 is 48.0 Å². The van der Waals surface area contributed by atoms with Crippen molar-refractivity contribution in [3.05, 3.63) is 59.0 Å². The summed E-state index contributed by atoms with van der Waals surface area (Å²) < 4.78 is 34.5. The van der Waals surface area contributed by atoms with E-state index in [4.69, 9.17) is 4.74 Å². The third-order valence-electron chi connectivity index (χ3n) is 4.81. The van der Waals surface area contributed by atoms with Gasteiger partial charge in [0, 0.05) is 27.3 Å². The van der Waals surface area contributed by atoms with Crippen molar-refractivity contribution in [3.63, 3.8) is 0 Å². The zero-order valence-electron chi connectivity index (χ0n) is 15.7. The molecule has 0 spiro atoms. The predicted molar refractivity (Wildman–Crippen MR) is 110 cm³/mol. The standard InChI is InChI=1S/C19H17BrF2N4O4S/c20-10-4-11(6-23-5-10)31-19-18(29)16(17(28)15(8-27)30-19)26-7-14(24-25-26)9-1-2-12(21)13(22)3-9/h1-7,15-19,27-29H,8H2/t15-,16+,17+,18-,19-/m1/s1. The number of pyridine rings is 1. The van der Waals surface area contributed by atoms with E-state index in [0.717, 1.165) is 16.6 Å². The molecular formula is C19H17BrF2N4O4S. The van der Waals surface area contributed by atoms with E-state index in [9.17, 15) is 24.1 Å². The fraction of sp³-hybridized carbons (Fsp3) is 0.316. The van der Waals surface area contributed by atoms with Crippen molar-refractivity contribution in [3.8, 4) is 11.3 Å². The second kappa shape index (κ2) is 9.27. The molecular weight excluding hydrogens is 498 g/mol. The summed E-state index contributed by atoms with van der Waals surface area (Å²) >= 11 is 4.50. The van der Waals surface area contributed by atoms with Gasteiger partial charge in [0.15, 0.2) is 11.6 Å². The normalized spacial score (nSPS) is 26.2. The molecule has 1 aliphatic rings. The van der Waals surface area contributed by atoms with Crippen LogP contribution in [0.4, 0.5) is 8.78 Å². The molecule has 12 heteroatoms. The van der Waals surface area contributed by atoms with Crippen LogP contribution in [0, 0.1) is 11.6 Å². The summed E-state index contributed by atoms with van der Waals surface area (Å²) in [6.45, 7) is -0.483. The number of aliphatic hydroxyl groups is 3. The highest BCUT2D eigenvalue weighted by atomic mass is 79.9. The minimum Gasteiger partial charge on any atom is -0.394 e. The highest BCUT2D eigenvalue weighted by Gasteiger charge is 2.46. The highest BCUT2D eigenvalue weighted by Crippen LogP contribution is 2.38. The van der Waals surface area contributed by atoms with Gasteiger partial charge in [-0.15, -0.1) is 5.10 Å². The molecule has 0 radical (unpaired) electrons. The van der Waals surface area contributed by atoms with Gasteiger partial charge in [0.05, 0.1) is 12.8 Å². The van der Waals surface area contributed by atoms with Gasteiger partial charge in [-0.2, -0.15) is 0 Å². The Kier molecular flexibility index (Phi) is 6.65. The first kappa shape index (κ1) is 22.2. The van der Waals surface area contributed by atoms with Crippen molar-refractivity contribution < 1.29 is 28.8 Å². The number of benzene rings is 1. The molecule has 0 amide bonds. The minimum atomic E-state index is -1.29. The first-order valence-electron chi connectivity index (χ1n) is 9.14. The molecule has 31 heavy (non-hydrogen) atoms. The van der Waals surface area contributed by atoms with Crippen LogP contribution in [-0.2, 0) is 4.74 Å². The van der Waals surface area contributed by atoms with Crippen LogP contribution in [-0.4, -0.2) is 65.7 Å². The van der Waals surface area contributed by atoms with Gasteiger partial charge < -0.3 is 20.1 Å². The van der Waals surface area contributed by atoms with Gasteiger partial charge in [0.2, 0.25) is 0 Å². The average molecular weight is 515 g/mol. The molecule has 4 rings (SSSR count). The van der Waals surface area contributed by atoms with Crippen LogP contribution < -0.4 is 0 Å². The molecule has 8 nitrogen and oxygen atoms in total. The molecule has 0 bridgehead atoms. The number of thioether (sulfide) groups is 1. The lowest BCUT2D eigenvalue weighted by atomic mass is 9.97. The lowest BCUT2D eigenvalue weighted by Gasteiger charge is -2.41. The molecule has 1 saturated heterocycles. The Morgan fingerprint density at radius 1 is 1.13 bits per heavy atom. The van der Waals surface area contributed by atoms with Gasteiger partial charge >= 0.3 is 0 Å². The topological polar surface area (TPSA) is 114 Å². The van der Waals surface area contributed by atoms with E-state index in [-0.39, 0.29) is 11.3 Å². The summed E-state index contributed by atoms with van der Waals surface area (Å²) in [4.78, 5) is 4.77. The SMILES string of the molecule is OC[C@H]1O[C@H](Sc2cncc(Br)c2)[C@H](O)[C@@H](n2cc(-c3ccc(F)c(F)c3)nn2)[C@H]1O. The Bertz CT molecular complexity index is 1070. The van der Waals surface area contributed by atoms with E-state index in [1.807, 2.05) is 0 Å². The second-order valence-corrected chi connectivity index (χ2v) is 8.95. The maximum absolute atomic E-state index is 13.6. The van der Waals surface area contributed by atoms with Crippen LogP contribution in [0.25, 0.3) is 11.3 Å². The van der Waals surface area contributed by atoms with Gasteiger partial charge in [-0.1, -0.05) is 17.0 Å². The fourth-order valence-electron chi connectivity index (χ4n) is 3.28. The zero-order valence-corrected chi connectivity index (χ0v) is 18.1. The molecule has 0 saturated carbocycles. The molecule has 3 aromatic rings. The van der Waals surface area contributed by atoms with E-state index in [1.165, 1.54) is 28.7 Å². The Morgan fingerprint density at radius 3 is 2.65 bits per heavy atom. The molecule has 1 aliphatic heterocycles. The van der Waals surface area contributed by atoms with E-state index in [0.29, 0.717) is 4.90 Å². The largest absolute Gasteiger partial charge is 0.394 e. The third-order valence-corrected chi connectivity index (χ3v) is 6.36. The number of ether oxygens (including phenoxy) is 1. The molecule has 0 unspecified atom stereocenters. The summed E-state index contributed by atoms with van der Waals surface area (Å²) in [7, 11) is 0. The third kappa shape index (κ3) is 4.64. The lowest BCUT2D eigenvalue weighted by molar-refractivity contribution is -0.178. The lowest BCUT2D eigenvalue weighted by Crippen LogP contribution is -2.55. The van der Waals surface area contributed by atoms with E-state index >= 15 is 0 Å². The quantitative estimate of drug-likeness (QED) is 0.474. The molecule has 2 aromatic heterocycles. The van der Waals surface area contributed by atoms with E-state index in [1.54, 1.807) is 18.5 Å². The van der Waals surface area contributed by atoms with Gasteiger partial charge in [-0.05, 0) is 40.2 Å². The Balaban J connectivity index is 1.62. The van der Waals surface area contributed by atoms with Crippen LogP contribution in [0.5, 0.6) is 0 Å². The smallest absolute Gasteiger partial charge is 0.159 e. The maximum Gasteiger partial charge on any atom is 0.159 e. The fourth-order valence-corrected chi connectivity index (χ4v) is 4.88. The summed E-state index contributed by atoms with van der Waals surface area (Å²) in [6, 6.07) is 4.09. The molecule has 5 atom stereocenters. The number of halogens is 3. The molecule has 3 heterocycles. The summed E-state index contributed by atoms with van der Waals surface area (Å²) in [5.41, 5.74) is -0.339. The average Bonchev–Trinajstić information content (AvgIpc) is 3.22. The second-order valence-electron chi connectivity index (χ2n) is 6.87. The predicted octanol–water partition coefficient (Wildman–Crippen LogP) is 2.15. The first-order valence-corrected chi connectivity index (χ1v) is 10.8. The van der Waals surface area contributed by atoms with Crippen LogP contribution >= 0.6 is 27.7 Å². The van der Waals surface area contributed by atoms with Crippen LogP contribution in [0.2, 0.25) is 0 Å². The highest BCUT2D eigenvalue weighted by molar-refractivity contribution is 9.10. The monoisotopic (exact) mass is 514 g/mol.